The molecular weight excluding hydrogens is 332 g/mol. The lowest BCUT2D eigenvalue weighted by Crippen LogP contribution is -2.20. The third-order valence-corrected chi connectivity index (χ3v) is 5.64. The molecule has 1 heterocycles. The first-order chi connectivity index (χ1) is 11.0. The standard InChI is InChI=1S/C17H17ClN2O2S/c1-9-6-7-13-11(8-9)14(15(19)21)17(23-13)20-16(22)10-4-2-3-5-12(10)18/h2-5,9H,6-8H2,1H3,(H2,19,21)(H,20,22)/t9-/m0/s1. The number of rotatable bonds is 3. The van der Waals surface area contributed by atoms with Crippen LogP contribution in [0.3, 0.4) is 0 Å². The molecule has 1 aliphatic rings. The first-order valence-electron chi connectivity index (χ1n) is 7.47. The van der Waals surface area contributed by atoms with Gasteiger partial charge in [-0.05, 0) is 42.9 Å². The minimum Gasteiger partial charge on any atom is -0.365 e. The van der Waals surface area contributed by atoms with Crippen molar-refractivity contribution in [1.29, 1.82) is 0 Å². The van der Waals surface area contributed by atoms with Crippen molar-refractivity contribution in [2.24, 2.45) is 11.7 Å². The number of anilines is 1. The molecule has 2 aromatic rings. The van der Waals surface area contributed by atoms with E-state index >= 15 is 0 Å². The summed E-state index contributed by atoms with van der Waals surface area (Å²) in [4.78, 5) is 25.5. The van der Waals surface area contributed by atoms with Crippen molar-refractivity contribution >= 4 is 39.8 Å². The third-order valence-electron chi connectivity index (χ3n) is 4.10. The Kier molecular flexibility index (Phi) is 4.41. The third kappa shape index (κ3) is 3.12. The Labute approximate surface area is 143 Å². The molecule has 3 rings (SSSR count). The Morgan fingerprint density at radius 3 is 2.78 bits per heavy atom. The first-order valence-corrected chi connectivity index (χ1v) is 8.67. The van der Waals surface area contributed by atoms with E-state index in [0.29, 0.717) is 27.1 Å². The van der Waals surface area contributed by atoms with Crippen molar-refractivity contribution in [3.8, 4) is 0 Å². The second-order valence-corrected chi connectivity index (χ2v) is 7.37. The van der Waals surface area contributed by atoms with Gasteiger partial charge in [0.15, 0.2) is 0 Å². The molecule has 0 saturated heterocycles. The summed E-state index contributed by atoms with van der Waals surface area (Å²) >= 11 is 7.50. The smallest absolute Gasteiger partial charge is 0.257 e. The number of hydrogen-bond acceptors (Lipinski definition) is 3. The van der Waals surface area contributed by atoms with Gasteiger partial charge in [-0.1, -0.05) is 30.7 Å². The molecule has 0 bridgehead atoms. The fraction of sp³-hybridized carbons (Fsp3) is 0.294. The van der Waals surface area contributed by atoms with Crippen LogP contribution in [-0.4, -0.2) is 11.8 Å². The molecule has 0 aliphatic heterocycles. The highest BCUT2D eigenvalue weighted by molar-refractivity contribution is 7.17. The Balaban J connectivity index is 1.96. The predicted octanol–water partition coefficient (Wildman–Crippen LogP) is 3.88. The molecule has 1 atom stereocenters. The van der Waals surface area contributed by atoms with Crippen LogP contribution in [0.4, 0.5) is 5.00 Å². The number of amides is 2. The second kappa shape index (κ2) is 6.34. The molecule has 1 aromatic heterocycles. The highest BCUT2D eigenvalue weighted by atomic mass is 35.5. The van der Waals surface area contributed by atoms with Crippen molar-refractivity contribution in [2.75, 3.05) is 5.32 Å². The van der Waals surface area contributed by atoms with E-state index in [1.54, 1.807) is 24.3 Å². The van der Waals surface area contributed by atoms with Crippen molar-refractivity contribution in [1.82, 2.24) is 0 Å². The fourth-order valence-corrected chi connectivity index (χ4v) is 4.39. The Bertz CT molecular complexity index is 785. The number of hydrogen-bond donors (Lipinski definition) is 2. The largest absolute Gasteiger partial charge is 0.365 e. The molecule has 0 spiro atoms. The summed E-state index contributed by atoms with van der Waals surface area (Å²) in [6, 6.07) is 6.82. The van der Waals surface area contributed by atoms with Gasteiger partial charge in [-0.3, -0.25) is 9.59 Å². The monoisotopic (exact) mass is 348 g/mol. The van der Waals surface area contributed by atoms with E-state index in [4.69, 9.17) is 17.3 Å². The number of benzene rings is 1. The summed E-state index contributed by atoms with van der Waals surface area (Å²) in [6.07, 6.45) is 2.83. The summed E-state index contributed by atoms with van der Waals surface area (Å²) < 4.78 is 0. The van der Waals surface area contributed by atoms with Crippen LogP contribution in [0, 0.1) is 5.92 Å². The van der Waals surface area contributed by atoms with Crippen LogP contribution < -0.4 is 11.1 Å². The SMILES string of the molecule is C[C@H]1CCc2sc(NC(=O)c3ccccc3Cl)c(C(N)=O)c2C1. The van der Waals surface area contributed by atoms with E-state index in [-0.39, 0.29) is 5.91 Å². The molecular formula is C17H17ClN2O2S. The topological polar surface area (TPSA) is 72.2 Å². The summed E-state index contributed by atoms with van der Waals surface area (Å²) in [5, 5.41) is 3.72. The Morgan fingerprint density at radius 2 is 2.09 bits per heavy atom. The van der Waals surface area contributed by atoms with Gasteiger partial charge in [-0.15, -0.1) is 11.3 Å². The minimum absolute atomic E-state index is 0.329. The van der Waals surface area contributed by atoms with Gasteiger partial charge in [0.25, 0.3) is 11.8 Å². The molecule has 23 heavy (non-hydrogen) atoms. The number of carbonyl (C=O) groups excluding carboxylic acids is 2. The fourth-order valence-electron chi connectivity index (χ4n) is 2.92. The van der Waals surface area contributed by atoms with Crippen molar-refractivity contribution in [3.05, 3.63) is 50.9 Å². The number of nitrogens with two attached hydrogens (primary N) is 1. The van der Waals surface area contributed by atoms with E-state index < -0.39 is 5.91 Å². The minimum atomic E-state index is -0.494. The quantitative estimate of drug-likeness (QED) is 0.883. The molecule has 0 unspecified atom stereocenters. The number of thiophene rings is 1. The summed E-state index contributed by atoms with van der Waals surface area (Å²) in [7, 11) is 0. The molecule has 4 nitrogen and oxygen atoms in total. The molecule has 1 aromatic carbocycles. The van der Waals surface area contributed by atoms with Gasteiger partial charge in [-0.2, -0.15) is 0 Å². The number of primary amides is 1. The first kappa shape index (κ1) is 16.0. The van der Waals surface area contributed by atoms with Crippen LogP contribution in [0.2, 0.25) is 5.02 Å². The molecule has 0 radical (unpaired) electrons. The van der Waals surface area contributed by atoms with E-state index in [2.05, 4.69) is 12.2 Å². The maximum Gasteiger partial charge on any atom is 0.257 e. The summed E-state index contributed by atoms with van der Waals surface area (Å²) in [5.74, 6) is -0.307. The van der Waals surface area contributed by atoms with Crippen LogP contribution in [0.25, 0.3) is 0 Å². The molecule has 3 N–H and O–H groups in total. The van der Waals surface area contributed by atoms with Crippen molar-refractivity contribution in [2.45, 2.75) is 26.2 Å². The average Bonchev–Trinajstić information content (AvgIpc) is 2.84. The summed E-state index contributed by atoms with van der Waals surface area (Å²) in [6.45, 7) is 2.16. The number of fused-ring (bicyclic) bond motifs is 1. The van der Waals surface area contributed by atoms with Gasteiger partial charge in [0.2, 0.25) is 0 Å². The molecule has 6 heteroatoms. The van der Waals surface area contributed by atoms with E-state index in [1.165, 1.54) is 11.3 Å². The lowest BCUT2D eigenvalue weighted by molar-refractivity contribution is 0.1000. The van der Waals surface area contributed by atoms with Crippen LogP contribution in [0.1, 0.15) is 44.5 Å². The Morgan fingerprint density at radius 1 is 1.35 bits per heavy atom. The van der Waals surface area contributed by atoms with Gasteiger partial charge in [0.05, 0.1) is 16.1 Å². The number of halogens is 1. The van der Waals surface area contributed by atoms with E-state index in [1.807, 2.05) is 0 Å². The van der Waals surface area contributed by atoms with Crippen molar-refractivity contribution in [3.63, 3.8) is 0 Å². The maximum atomic E-state index is 12.4. The molecule has 120 valence electrons. The number of carbonyl (C=O) groups is 2. The van der Waals surface area contributed by atoms with Gasteiger partial charge in [0, 0.05) is 4.88 Å². The van der Waals surface area contributed by atoms with Crippen molar-refractivity contribution < 1.29 is 9.59 Å². The maximum absolute atomic E-state index is 12.4. The van der Waals surface area contributed by atoms with Crippen LogP contribution in [0.5, 0.6) is 0 Å². The molecule has 0 fully saturated rings. The molecule has 1 aliphatic carbocycles. The molecule has 0 saturated carbocycles. The average molecular weight is 349 g/mol. The highest BCUT2D eigenvalue weighted by Crippen LogP contribution is 2.39. The van der Waals surface area contributed by atoms with E-state index in [0.717, 1.165) is 29.7 Å². The zero-order valence-electron chi connectivity index (χ0n) is 12.7. The highest BCUT2D eigenvalue weighted by Gasteiger charge is 2.27. The van der Waals surface area contributed by atoms with Gasteiger partial charge in [-0.25, -0.2) is 0 Å². The molecule has 2 amide bonds. The zero-order valence-corrected chi connectivity index (χ0v) is 14.3. The van der Waals surface area contributed by atoms with Gasteiger partial charge < -0.3 is 11.1 Å². The zero-order chi connectivity index (χ0) is 16.6. The normalized spacial score (nSPS) is 16.7. The number of aryl methyl sites for hydroxylation is 1. The number of nitrogens with one attached hydrogen (secondary N) is 1. The van der Waals surface area contributed by atoms with Gasteiger partial charge >= 0.3 is 0 Å². The lowest BCUT2D eigenvalue weighted by Gasteiger charge is -2.18. The Hall–Kier alpha value is -1.85. The second-order valence-electron chi connectivity index (χ2n) is 5.85. The van der Waals surface area contributed by atoms with Gasteiger partial charge in [0.1, 0.15) is 5.00 Å². The lowest BCUT2D eigenvalue weighted by atomic mass is 9.87. The summed E-state index contributed by atoms with van der Waals surface area (Å²) in [5.41, 5.74) is 7.39. The van der Waals surface area contributed by atoms with Crippen LogP contribution in [0.15, 0.2) is 24.3 Å². The van der Waals surface area contributed by atoms with Crippen LogP contribution >= 0.6 is 22.9 Å². The van der Waals surface area contributed by atoms with E-state index in [9.17, 15) is 9.59 Å². The predicted molar refractivity (Wildman–Crippen MR) is 93.4 cm³/mol. The van der Waals surface area contributed by atoms with Crippen LogP contribution in [-0.2, 0) is 12.8 Å².